The second kappa shape index (κ2) is 7.45. The van der Waals surface area contributed by atoms with E-state index < -0.39 is 21.8 Å². The molecule has 4 rings (SSSR count). The third-order valence-corrected chi connectivity index (χ3v) is 6.73. The quantitative estimate of drug-likeness (QED) is 0.605. The lowest BCUT2D eigenvalue weighted by atomic mass is 10.1. The van der Waals surface area contributed by atoms with Crippen molar-refractivity contribution in [2.75, 3.05) is 24.2 Å². The zero-order valence-corrected chi connectivity index (χ0v) is 17.9. The Labute approximate surface area is 177 Å². The highest BCUT2D eigenvalue weighted by atomic mass is 32.2. The predicted octanol–water partition coefficient (Wildman–Crippen LogP) is 2.67. The maximum atomic E-state index is 13.1. The van der Waals surface area contributed by atoms with Gasteiger partial charge in [-0.2, -0.15) is 17.5 Å². The van der Waals surface area contributed by atoms with Gasteiger partial charge in [-0.05, 0) is 32.0 Å². The van der Waals surface area contributed by atoms with Crippen molar-refractivity contribution in [2.45, 2.75) is 32.1 Å². The fourth-order valence-corrected chi connectivity index (χ4v) is 5.55. The number of hydrogen-bond acceptors (Lipinski definition) is 6. The molecule has 8 nitrogen and oxygen atoms in total. The van der Waals surface area contributed by atoms with E-state index in [1.54, 1.807) is 6.07 Å². The second-order valence-corrected chi connectivity index (χ2v) is 9.61. The van der Waals surface area contributed by atoms with Crippen LogP contribution in [0.5, 0.6) is 0 Å². The number of fused-ring (bicyclic) bond motifs is 1. The number of aromatic nitrogens is 4. The molecule has 12 heteroatoms. The van der Waals surface area contributed by atoms with Gasteiger partial charge in [0, 0.05) is 37.6 Å². The van der Waals surface area contributed by atoms with Crippen LogP contribution in [0.2, 0.25) is 0 Å². The van der Waals surface area contributed by atoms with Gasteiger partial charge in [-0.1, -0.05) is 0 Å². The van der Waals surface area contributed by atoms with Crippen LogP contribution in [0.4, 0.5) is 19.0 Å². The maximum absolute atomic E-state index is 13.1. The number of alkyl halides is 3. The summed E-state index contributed by atoms with van der Waals surface area (Å²) in [5, 5.41) is 0. The fourth-order valence-electron chi connectivity index (χ4n) is 4.11. The van der Waals surface area contributed by atoms with Crippen molar-refractivity contribution in [3.63, 3.8) is 0 Å². The highest BCUT2D eigenvalue weighted by Gasteiger charge is 2.36. The number of halogens is 3. The number of hydrogen-bond donors (Lipinski definition) is 0. The normalized spacial score (nSPS) is 21.0. The van der Waals surface area contributed by atoms with Crippen molar-refractivity contribution < 1.29 is 21.6 Å². The minimum absolute atomic E-state index is 0.232. The molecule has 31 heavy (non-hydrogen) atoms. The van der Waals surface area contributed by atoms with Crippen LogP contribution in [0.3, 0.4) is 0 Å². The molecule has 166 valence electrons. The summed E-state index contributed by atoms with van der Waals surface area (Å²) in [4.78, 5) is 14.9. The van der Waals surface area contributed by atoms with Crippen molar-refractivity contribution in [2.24, 2.45) is 0 Å². The molecule has 2 unspecified atom stereocenters. The summed E-state index contributed by atoms with van der Waals surface area (Å²) in [6.45, 7) is 4.52. The molecule has 1 saturated heterocycles. The Morgan fingerprint density at radius 2 is 1.74 bits per heavy atom. The average Bonchev–Trinajstić information content (AvgIpc) is 3.09. The largest absolute Gasteiger partial charge is 0.417 e. The third kappa shape index (κ3) is 4.09. The molecule has 0 amide bonds. The summed E-state index contributed by atoms with van der Waals surface area (Å²) < 4.78 is 66.3. The van der Waals surface area contributed by atoms with Crippen molar-refractivity contribution in [3.8, 4) is 11.5 Å². The standard InChI is InChI=1S/C19H21F3N6O2S/c1-12-9-26(10-13(2)28(12)31(3,29)30)17-6-7-23-18(25-17)15-8-24-16-5-4-14(11-27(15)16)19(20,21)22/h4-8,11-13H,9-10H2,1-3H3. The van der Waals surface area contributed by atoms with E-state index >= 15 is 0 Å². The van der Waals surface area contributed by atoms with E-state index in [9.17, 15) is 21.6 Å². The summed E-state index contributed by atoms with van der Waals surface area (Å²) in [5.41, 5.74) is -0.116. The van der Waals surface area contributed by atoms with Crippen LogP contribution in [0.15, 0.2) is 36.8 Å². The SMILES string of the molecule is CC1CN(c2ccnc(-c3cnc4ccc(C(F)(F)F)cn34)n2)CC(C)N1S(C)(=O)=O. The lowest BCUT2D eigenvalue weighted by Crippen LogP contribution is -2.58. The molecule has 0 N–H and O–H groups in total. The van der Waals surface area contributed by atoms with Gasteiger partial charge in [0.15, 0.2) is 5.82 Å². The van der Waals surface area contributed by atoms with Gasteiger partial charge >= 0.3 is 6.18 Å². The van der Waals surface area contributed by atoms with E-state index in [0.29, 0.717) is 30.2 Å². The van der Waals surface area contributed by atoms with E-state index in [2.05, 4.69) is 15.0 Å². The highest BCUT2D eigenvalue weighted by Crippen LogP contribution is 2.31. The van der Waals surface area contributed by atoms with E-state index in [1.165, 1.54) is 33.4 Å². The molecular weight excluding hydrogens is 433 g/mol. The number of anilines is 1. The van der Waals surface area contributed by atoms with Crippen molar-refractivity contribution in [1.29, 1.82) is 0 Å². The molecule has 0 aromatic carbocycles. The van der Waals surface area contributed by atoms with Crippen LogP contribution in [0, 0.1) is 0 Å². The number of imidazole rings is 1. The zero-order chi connectivity index (χ0) is 22.6. The molecule has 1 fully saturated rings. The summed E-state index contributed by atoms with van der Waals surface area (Å²) in [6.07, 6.45) is 0.648. The van der Waals surface area contributed by atoms with Crippen molar-refractivity contribution in [3.05, 3.63) is 42.4 Å². The third-order valence-electron chi connectivity index (χ3n) is 5.25. The zero-order valence-electron chi connectivity index (χ0n) is 17.1. The van der Waals surface area contributed by atoms with Crippen LogP contribution in [-0.4, -0.2) is 63.5 Å². The molecule has 1 aliphatic heterocycles. The number of pyridine rings is 1. The summed E-state index contributed by atoms with van der Waals surface area (Å²) in [6, 6.07) is 3.45. The molecule has 0 radical (unpaired) electrons. The Bertz CT molecular complexity index is 1210. The van der Waals surface area contributed by atoms with Gasteiger partial charge in [0.2, 0.25) is 10.0 Å². The molecule has 0 saturated carbocycles. The average molecular weight is 454 g/mol. The number of rotatable bonds is 3. The fraction of sp³-hybridized carbons (Fsp3) is 0.421. The predicted molar refractivity (Wildman–Crippen MR) is 109 cm³/mol. The maximum Gasteiger partial charge on any atom is 0.417 e. The Kier molecular flexibility index (Phi) is 5.16. The van der Waals surface area contributed by atoms with E-state index in [1.807, 2.05) is 18.7 Å². The van der Waals surface area contributed by atoms with Crippen LogP contribution in [-0.2, 0) is 16.2 Å². The molecular formula is C19H21F3N6O2S. The molecule has 0 bridgehead atoms. The van der Waals surface area contributed by atoms with Gasteiger partial charge in [0.1, 0.15) is 17.2 Å². The van der Waals surface area contributed by atoms with Crippen LogP contribution >= 0.6 is 0 Å². The van der Waals surface area contributed by atoms with Crippen molar-refractivity contribution in [1.82, 2.24) is 23.7 Å². The van der Waals surface area contributed by atoms with Gasteiger partial charge in [-0.15, -0.1) is 0 Å². The minimum Gasteiger partial charge on any atom is -0.353 e. The molecule has 0 aliphatic carbocycles. The first-order chi connectivity index (χ1) is 14.4. The smallest absolute Gasteiger partial charge is 0.353 e. The first-order valence-electron chi connectivity index (χ1n) is 9.56. The van der Waals surface area contributed by atoms with E-state index in [-0.39, 0.29) is 17.9 Å². The Morgan fingerprint density at radius 1 is 1.06 bits per heavy atom. The van der Waals surface area contributed by atoms with E-state index in [0.717, 1.165) is 12.3 Å². The minimum atomic E-state index is -4.48. The van der Waals surface area contributed by atoms with Gasteiger partial charge in [0.25, 0.3) is 0 Å². The first-order valence-corrected chi connectivity index (χ1v) is 11.4. The van der Waals surface area contributed by atoms with Gasteiger partial charge in [-0.25, -0.2) is 23.4 Å². The Morgan fingerprint density at radius 3 is 2.35 bits per heavy atom. The lowest BCUT2D eigenvalue weighted by Gasteiger charge is -2.43. The van der Waals surface area contributed by atoms with Gasteiger partial charge in [0.05, 0.1) is 18.0 Å². The highest BCUT2D eigenvalue weighted by molar-refractivity contribution is 7.88. The number of nitrogens with zero attached hydrogens (tertiary/aromatic N) is 6. The van der Waals surface area contributed by atoms with Crippen LogP contribution in [0.1, 0.15) is 19.4 Å². The Hall–Kier alpha value is -2.73. The molecule has 3 aromatic heterocycles. The van der Waals surface area contributed by atoms with E-state index in [4.69, 9.17) is 0 Å². The summed E-state index contributed by atoms with van der Waals surface area (Å²) in [5.74, 6) is 0.800. The first kappa shape index (κ1) is 21.5. The number of sulfonamides is 1. The van der Waals surface area contributed by atoms with Crippen LogP contribution < -0.4 is 4.90 Å². The molecule has 1 aliphatic rings. The monoisotopic (exact) mass is 454 g/mol. The molecule has 2 atom stereocenters. The number of piperazine rings is 1. The molecule has 4 heterocycles. The van der Waals surface area contributed by atoms with Crippen LogP contribution in [0.25, 0.3) is 17.2 Å². The van der Waals surface area contributed by atoms with Gasteiger partial charge in [-0.3, -0.25) is 4.40 Å². The summed E-state index contributed by atoms with van der Waals surface area (Å²) in [7, 11) is -3.34. The molecule has 3 aromatic rings. The second-order valence-electron chi connectivity index (χ2n) is 7.72. The summed E-state index contributed by atoms with van der Waals surface area (Å²) >= 11 is 0. The lowest BCUT2D eigenvalue weighted by molar-refractivity contribution is -0.137. The van der Waals surface area contributed by atoms with Gasteiger partial charge < -0.3 is 4.90 Å². The molecule has 0 spiro atoms. The Balaban J connectivity index is 1.69. The topological polar surface area (TPSA) is 83.7 Å². The van der Waals surface area contributed by atoms with Crippen molar-refractivity contribution >= 4 is 21.5 Å².